The van der Waals surface area contributed by atoms with Gasteiger partial charge in [0.05, 0.1) is 5.56 Å². The lowest BCUT2D eigenvalue weighted by molar-refractivity contribution is -0.137. The number of rotatable bonds is 3. The summed E-state index contributed by atoms with van der Waals surface area (Å²) in [5.41, 5.74) is -0.302. The Hall–Kier alpha value is -0.710. The molecule has 0 aromatic heterocycles. The van der Waals surface area contributed by atoms with E-state index in [4.69, 9.17) is 0 Å². The van der Waals surface area contributed by atoms with Crippen molar-refractivity contribution in [3.8, 4) is 0 Å². The zero-order chi connectivity index (χ0) is 13.4. The summed E-state index contributed by atoms with van der Waals surface area (Å²) >= 11 is 3.21. The molecule has 1 aliphatic rings. The largest absolute Gasteiger partial charge is 0.418 e. The average Bonchev–Trinajstić information content (AvgIpc) is 2.22. The van der Waals surface area contributed by atoms with E-state index in [-0.39, 0.29) is 11.1 Å². The maximum absolute atomic E-state index is 12.8. The van der Waals surface area contributed by atoms with Crippen LogP contribution in [0.25, 0.3) is 0 Å². The fourth-order valence-corrected chi connectivity index (χ4v) is 2.54. The average molecular weight is 322 g/mol. The molecule has 0 unspecified atom stereocenters. The minimum atomic E-state index is -4.32. The van der Waals surface area contributed by atoms with Crippen molar-refractivity contribution < 1.29 is 13.2 Å². The number of alkyl halides is 3. The highest BCUT2D eigenvalue weighted by atomic mass is 79.9. The molecule has 1 aromatic carbocycles. The first-order chi connectivity index (χ1) is 8.30. The van der Waals surface area contributed by atoms with Crippen molar-refractivity contribution in [2.24, 2.45) is 5.41 Å². The smallest absolute Gasteiger partial charge is 0.384 e. The van der Waals surface area contributed by atoms with E-state index in [1.807, 2.05) is 0 Å². The van der Waals surface area contributed by atoms with E-state index in [0.717, 1.165) is 18.9 Å². The predicted molar refractivity (Wildman–Crippen MR) is 69.6 cm³/mol. The lowest BCUT2D eigenvalue weighted by atomic mass is 9.70. The SMILES string of the molecule is CC1(CNc2cc(Br)ccc2C(F)(F)F)CCC1. The maximum Gasteiger partial charge on any atom is 0.418 e. The van der Waals surface area contributed by atoms with Gasteiger partial charge < -0.3 is 5.32 Å². The molecule has 1 N–H and O–H groups in total. The first-order valence-electron chi connectivity index (χ1n) is 5.91. The lowest BCUT2D eigenvalue weighted by Gasteiger charge is -2.39. The Kier molecular flexibility index (Phi) is 3.63. The summed E-state index contributed by atoms with van der Waals surface area (Å²) in [5, 5.41) is 2.95. The monoisotopic (exact) mass is 321 g/mol. The molecule has 0 radical (unpaired) electrons. The summed E-state index contributed by atoms with van der Waals surface area (Å²) in [6, 6.07) is 4.01. The molecule has 0 atom stereocenters. The summed E-state index contributed by atoms with van der Waals surface area (Å²) in [4.78, 5) is 0. The van der Waals surface area contributed by atoms with Crippen LogP contribution in [0.1, 0.15) is 31.7 Å². The summed E-state index contributed by atoms with van der Waals surface area (Å²) in [5.74, 6) is 0. The van der Waals surface area contributed by atoms with Gasteiger partial charge in [0, 0.05) is 16.7 Å². The molecule has 0 heterocycles. The van der Waals surface area contributed by atoms with Crippen LogP contribution < -0.4 is 5.32 Å². The molecule has 100 valence electrons. The van der Waals surface area contributed by atoms with Crippen molar-refractivity contribution in [3.05, 3.63) is 28.2 Å². The van der Waals surface area contributed by atoms with E-state index in [1.165, 1.54) is 18.6 Å². The molecule has 1 aliphatic carbocycles. The van der Waals surface area contributed by atoms with Gasteiger partial charge >= 0.3 is 6.18 Å². The maximum atomic E-state index is 12.8. The van der Waals surface area contributed by atoms with E-state index in [1.54, 1.807) is 0 Å². The van der Waals surface area contributed by atoms with Gasteiger partial charge in [0.1, 0.15) is 0 Å². The third-order valence-electron chi connectivity index (χ3n) is 3.55. The predicted octanol–water partition coefficient (Wildman–Crippen LogP) is 5.07. The van der Waals surface area contributed by atoms with Crippen LogP contribution in [0.4, 0.5) is 18.9 Å². The highest BCUT2D eigenvalue weighted by molar-refractivity contribution is 9.10. The molecule has 1 saturated carbocycles. The van der Waals surface area contributed by atoms with Gasteiger partial charge in [-0.25, -0.2) is 0 Å². The second-order valence-corrected chi connectivity index (χ2v) is 6.12. The van der Waals surface area contributed by atoms with Gasteiger partial charge in [-0.15, -0.1) is 0 Å². The van der Waals surface area contributed by atoms with Crippen LogP contribution in [0, 0.1) is 5.41 Å². The fourth-order valence-electron chi connectivity index (χ4n) is 2.18. The molecule has 0 spiro atoms. The van der Waals surface area contributed by atoms with Crippen molar-refractivity contribution in [2.45, 2.75) is 32.4 Å². The van der Waals surface area contributed by atoms with Gasteiger partial charge in [0.15, 0.2) is 0 Å². The number of halogens is 4. The molecule has 2 rings (SSSR count). The second kappa shape index (κ2) is 4.76. The minimum Gasteiger partial charge on any atom is -0.384 e. The van der Waals surface area contributed by atoms with Gasteiger partial charge in [-0.3, -0.25) is 0 Å². The summed E-state index contributed by atoms with van der Waals surface area (Å²) in [6.07, 6.45) is -0.989. The molecule has 0 aliphatic heterocycles. The standard InChI is InChI=1S/C13H15BrF3N/c1-12(5-2-6-12)8-18-11-7-9(14)3-4-10(11)13(15,16)17/h3-4,7,18H,2,5-6,8H2,1H3. The van der Waals surface area contributed by atoms with Crippen LogP contribution in [0.3, 0.4) is 0 Å². The molecule has 18 heavy (non-hydrogen) atoms. The fraction of sp³-hybridized carbons (Fsp3) is 0.538. The number of hydrogen-bond acceptors (Lipinski definition) is 1. The Morgan fingerprint density at radius 2 is 2.00 bits per heavy atom. The summed E-state index contributed by atoms with van der Waals surface area (Å²) in [7, 11) is 0. The summed E-state index contributed by atoms with van der Waals surface area (Å²) < 4.78 is 39.2. The van der Waals surface area contributed by atoms with E-state index in [2.05, 4.69) is 28.2 Å². The Morgan fingerprint density at radius 3 is 2.50 bits per heavy atom. The van der Waals surface area contributed by atoms with Crippen LogP contribution in [0.15, 0.2) is 22.7 Å². The Labute approximate surface area is 113 Å². The number of nitrogens with one attached hydrogen (secondary N) is 1. The number of benzene rings is 1. The van der Waals surface area contributed by atoms with Crippen LogP contribution in [-0.4, -0.2) is 6.54 Å². The second-order valence-electron chi connectivity index (χ2n) is 5.21. The Morgan fingerprint density at radius 1 is 1.33 bits per heavy atom. The molecule has 0 bridgehead atoms. The normalized spacial score (nSPS) is 18.3. The van der Waals surface area contributed by atoms with Gasteiger partial charge in [-0.1, -0.05) is 29.3 Å². The van der Waals surface area contributed by atoms with Crippen molar-refractivity contribution in [1.82, 2.24) is 0 Å². The van der Waals surface area contributed by atoms with Crippen LogP contribution in [0.2, 0.25) is 0 Å². The van der Waals surface area contributed by atoms with Crippen LogP contribution >= 0.6 is 15.9 Å². The highest BCUT2D eigenvalue weighted by Crippen LogP contribution is 2.41. The highest BCUT2D eigenvalue weighted by Gasteiger charge is 2.35. The van der Waals surface area contributed by atoms with Crippen LogP contribution in [0.5, 0.6) is 0 Å². The molecular weight excluding hydrogens is 307 g/mol. The molecule has 5 heteroatoms. The third kappa shape index (κ3) is 2.99. The van der Waals surface area contributed by atoms with Crippen molar-refractivity contribution in [3.63, 3.8) is 0 Å². The quantitative estimate of drug-likeness (QED) is 0.819. The minimum absolute atomic E-state index is 0.144. The van der Waals surface area contributed by atoms with Crippen LogP contribution in [-0.2, 0) is 6.18 Å². The molecular formula is C13H15BrF3N. The molecule has 0 saturated heterocycles. The Balaban J connectivity index is 2.17. The van der Waals surface area contributed by atoms with E-state index in [0.29, 0.717) is 11.0 Å². The first kappa shape index (κ1) is 13.7. The van der Waals surface area contributed by atoms with Crippen molar-refractivity contribution in [2.75, 3.05) is 11.9 Å². The van der Waals surface area contributed by atoms with E-state index >= 15 is 0 Å². The van der Waals surface area contributed by atoms with Gasteiger partial charge in [-0.2, -0.15) is 13.2 Å². The van der Waals surface area contributed by atoms with Gasteiger partial charge in [0.25, 0.3) is 0 Å². The molecule has 0 amide bonds. The zero-order valence-corrected chi connectivity index (χ0v) is 11.7. The van der Waals surface area contributed by atoms with Gasteiger partial charge in [-0.05, 0) is 36.5 Å². The molecule has 1 nitrogen and oxygen atoms in total. The third-order valence-corrected chi connectivity index (χ3v) is 4.05. The molecule has 1 aromatic rings. The van der Waals surface area contributed by atoms with E-state index < -0.39 is 11.7 Å². The van der Waals surface area contributed by atoms with Crippen molar-refractivity contribution in [1.29, 1.82) is 0 Å². The molecule has 1 fully saturated rings. The number of anilines is 1. The zero-order valence-electron chi connectivity index (χ0n) is 10.1. The lowest BCUT2D eigenvalue weighted by Crippen LogP contribution is -2.33. The van der Waals surface area contributed by atoms with E-state index in [9.17, 15) is 13.2 Å². The first-order valence-corrected chi connectivity index (χ1v) is 6.70. The Bertz CT molecular complexity index is 438. The number of hydrogen-bond donors (Lipinski definition) is 1. The summed E-state index contributed by atoms with van der Waals surface area (Å²) in [6.45, 7) is 2.70. The topological polar surface area (TPSA) is 12.0 Å². The van der Waals surface area contributed by atoms with Gasteiger partial charge in [0.2, 0.25) is 0 Å². The van der Waals surface area contributed by atoms with Crippen molar-refractivity contribution >= 4 is 21.6 Å².